The van der Waals surface area contributed by atoms with Crippen molar-refractivity contribution in [1.29, 1.82) is 0 Å². The van der Waals surface area contributed by atoms with Crippen molar-refractivity contribution in [1.82, 2.24) is 35.3 Å². The van der Waals surface area contributed by atoms with E-state index in [0.717, 1.165) is 35.1 Å². The summed E-state index contributed by atoms with van der Waals surface area (Å²) in [4.78, 5) is 43.4. The number of morpholine rings is 1. The minimum Gasteiger partial charge on any atom is -0.468 e. The number of hydrogen-bond donors (Lipinski definition) is 1. The van der Waals surface area contributed by atoms with Crippen LogP contribution in [-0.2, 0) is 25.6 Å². The Morgan fingerprint density at radius 3 is 2.38 bits per heavy atom. The van der Waals surface area contributed by atoms with Gasteiger partial charge in [0, 0.05) is 31.7 Å². The Kier molecular flexibility index (Phi) is 10.2. The van der Waals surface area contributed by atoms with Gasteiger partial charge in [-0.3, -0.25) is 9.59 Å². The predicted molar refractivity (Wildman–Crippen MR) is 147 cm³/mol. The summed E-state index contributed by atoms with van der Waals surface area (Å²) >= 11 is 0. The summed E-state index contributed by atoms with van der Waals surface area (Å²) in [5, 5.41) is 14.4. The summed E-state index contributed by atoms with van der Waals surface area (Å²) in [6.07, 6.45) is 1.67. The summed E-state index contributed by atoms with van der Waals surface area (Å²) in [6, 6.07) is 15.3. The molecule has 0 atom stereocenters. The van der Waals surface area contributed by atoms with Crippen LogP contribution in [0.15, 0.2) is 48.5 Å². The fourth-order valence-electron chi connectivity index (χ4n) is 4.49. The molecule has 0 radical (unpaired) electrons. The van der Waals surface area contributed by atoms with E-state index in [0.29, 0.717) is 45.2 Å². The second-order valence-corrected chi connectivity index (χ2v) is 9.46. The van der Waals surface area contributed by atoms with Crippen molar-refractivity contribution in [2.75, 3.05) is 53.0 Å². The third-order valence-electron chi connectivity index (χ3n) is 6.71. The molecule has 0 aliphatic carbocycles. The van der Waals surface area contributed by atoms with Crippen LogP contribution in [0.1, 0.15) is 25.3 Å². The molecule has 4 rings (SSSR count). The van der Waals surface area contributed by atoms with Gasteiger partial charge in [-0.05, 0) is 28.3 Å². The second-order valence-electron chi connectivity index (χ2n) is 9.46. The van der Waals surface area contributed by atoms with Gasteiger partial charge in [0.1, 0.15) is 13.1 Å². The number of methoxy groups -OCH3 is 1. The maximum atomic E-state index is 13.7. The summed E-state index contributed by atoms with van der Waals surface area (Å²) in [7, 11) is 1.27. The number of carbonyl (C=O) groups excluding carboxylic acids is 3. The van der Waals surface area contributed by atoms with Crippen LogP contribution in [0.2, 0.25) is 0 Å². The van der Waals surface area contributed by atoms with Gasteiger partial charge in [-0.2, -0.15) is 5.21 Å². The quantitative estimate of drug-likeness (QED) is 0.361. The number of tetrazole rings is 1. The molecule has 1 saturated heterocycles. The highest BCUT2D eigenvalue weighted by Gasteiger charge is 2.28. The lowest BCUT2D eigenvalue weighted by Gasteiger charge is -2.33. The van der Waals surface area contributed by atoms with Crippen molar-refractivity contribution in [3.05, 3.63) is 54.1 Å². The number of nitrogens with one attached hydrogen (secondary N) is 1. The van der Waals surface area contributed by atoms with Crippen molar-refractivity contribution in [2.45, 2.75) is 26.3 Å². The summed E-state index contributed by atoms with van der Waals surface area (Å²) in [6.45, 7) is 4.18. The molecule has 1 aromatic heterocycles. The minimum absolute atomic E-state index is 0.206. The molecule has 0 spiro atoms. The van der Waals surface area contributed by atoms with Crippen LogP contribution in [0.3, 0.4) is 0 Å². The Bertz CT molecular complexity index is 1260. The summed E-state index contributed by atoms with van der Waals surface area (Å²) in [5.41, 5.74) is 3.70. The molecule has 1 aliphatic rings. The first-order valence-electron chi connectivity index (χ1n) is 13.4. The van der Waals surface area contributed by atoms with E-state index in [1.54, 1.807) is 9.80 Å². The first-order chi connectivity index (χ1) is 19.5. The van der Waals surface area contributed by atoms with E-state index in [4.69, 9.17) is 9.47 Å². The van der Waals surface area contributed by atoms with Crippen molar-refractivity contribution in [3.8, 4) is 22.5 Å². The fourth-order valence-corrected chi connectivity index (χ4v) is 4.49. The predicted octanol–water partition coefficient (Wildman–Crippen LogP) is 2.59. The lowest BCUT2D eigenvalue weighted by atomic mass is 9.98. The Morgan fingerprint density at radius 1 is 1.00 bits per heavy atom. The van der Waals surface area contributed by atoms with E-state index in [-0.39, 0.29) is 25.0 Å². The Morgan fingerprint density at radius 2 is 1.73 bits per heavy atom. The van der Waals surface area contributed by atoms with Crippen LogP contribution in [0.5, 0.6) is 0 Å². The van der Waals surface area contributed by atoms with Gasteiger partial charge in [0.05, 0.1) is 20.3 Å². The molecule has 12 heteroatoms. The van der Waals surface area contributed by atoms with Crippen LogP contribution in [0, 0.1) is 0 Å². The maximum Gasteiger partial charge on any atom is 0.325 e. The SMILES string of the molecule is CCCCN(Cc1ccc(-c2ccccc2-c2nn[nH]n2)cc1)C(=O)N(CC(=O)OC)CC(=O)N1CCOCC1. The lowest BCUT2D eigenvalue weighted by molar-refractivity contribution is -0.142. The molecule has 2 heterocycles. The highest BCUT2D eigenvalue weighted by Crippen LogP contribution is 2.30. The molecular formula is C28H35N7O5. The van der Waals surface area contributed by atoms with Crippen LogP contribution >= 0.6 is 0 Å². The average Bonchev–Trinajstić information content (AvgIpc) is 3.54. The fraction of sp³-hybridized carbons (Fsp3) is 0.429. The van der Waals surface area contributed by atoms with E-state index < -0.39 is 5.97 Å². The molecule has 0 bridgehead atoms. The van der Waals surface area contributed by atoms with E-state index in [9.17, 15) is 14.4 Å². The Balaban J connectivity index is 1.52. The zero-order chi connectivity index (χ0) is 28.3. The molecular weight excluding hydrogens is 514 g/mol. The van der Waals surface area contributed by atoms with Gasteiger partial charge in [-0.1, -0.05) is 61.9 Å². The first kappa shape index (κ1) is 28.7. The highest BCUT2D eigenvalue weighted by molar-refractivity contribution is 5.87. The van der Waals surface area contributed by atoms with Crippen molar-refractivity contribution in [3.63, 3.8) is 0 Å². The van der Waals surface area contributed by atoms with E-state index in [1.807, 2.05) is 55.5 Å². The van der Waals surface area contributed by atoms with E-state index in [2.05, 4.69) is 20.6 Å². The average molecular weight is 550 g/mol. The zero-order valence-corrected chi connectivity index (χ0v) is 22.9. The Labute approximate surface area is 233 Å². The third-order valence-corrected chi connectivity index (χ3v) is 6.71. The molecule has 1 N–H and O–H groups in total. The van der Waals surface area contributed by atoms with Gasteiger partial charge >= 0.3 is 12.0 Å². The molecule has 1 aliphatic heterocycles. The maximum absolute atomic E-state index is 13.7. The number of ether oxygens (including phenoxy) is 2. The van der Waals surface area contributed by atoms with E-state index >= 15 is 0 Å². The number of benzene rings is 2. The number of aromatic nitrogens is 4. The van der Waals surface area contributed by atoms with Crippen LogP contribution in [0.4, 0.5) is 4.79 Å². The monoisotopic (exact) mass is 549 g/mol. The third kappa shape index (κ3) is 7.41. The van der Waals surface area contributed by atoms with Crippen molar-refractivity contribution < 1.29 is 23.9 Å². The number of urea groups is 1. The molecule has 3 amide bonds. The van der Waals surface area contributed by atoms with Gasteiger partial charge in [0.2, 0.25) is 11.7 Å². The normalized spacial score (nSPS) is 13.1. The number of rotatable bonds is 11. The molecule has 3 aromatic rings. The molecule has 40 heavy (non-hydrogen) atoms. The number of unbranched alkanes of at least 4 members (excludes halogenated alkanes) is 1. The number of esters is 1. The van der Waals surface area contributed by atoms with Gasteiger partial charge in [-0.25, -0.2) is 4.79 Å². The summed E-state index contributed by atoms with van der Waals surface area (Å²) < 4.78 is 10.1. The van der Waals surface area contributed by atoms with Gasteiger partial charge in [0.15, 0.2) is 0 Å². The molecule has 2 aromatic carbocycles. The topological polar surface area (TPSA) is 134 Å². The molecule has 1 fully saturated rings. The van der Waals surface area contributed by atoms with Gasteiger partial charge < -0.3 is 24.2 Å². The van der Waals surface area contributed by atoms with Crippen molar-refractivity contribution >= 4 is 17.9 Å². The highest BCUT2D eigenvalue weighted by atomic mass is 16.5. The standard InChI is InChI=1S/C28H35N7O5/c1-3-4-13-34(28(38)35(20-26(37)39-2)19-25(36)33-14-16-40-17-15-33)18-21-9-11-22(12-10-21)23-7-5-6-8-24(23)27-29-31-32-30-27/h5-12H,3-4,13-20H2,1-2H3,(H,29,30,31,32). The van der Waals surface area contributed by atoms with Crippen molar-refractivity contribution in [2.24, 2.45) is 0 Å². The molecule has 0 unspecified atom stereocenters. The molecule has 12 nitrogen and oxygen atoms in total. The molecule has 0 saturated carbocycles. The number of amides is 3. The Hall–Kier alpha value is -4.32. The molecule has 212 valence electrons. The van der Waals surface area contributed by atoms with E-state index in [1.165, 1.54) is 12.0 Å². The smallest absolute Gasteiger partial charge is 0.325 e. The lowest BCUT2D eigenvalue weighted by Crippen LogP contribution is -2.51. The number of nitrogens with zero attached hydrogens (tertiary/aromatic N) is 6. The second kappa shape index (κ2) is 14.2. The van der Waals surface area contributed by atoms with Crippen LogP contribution in [0.25, 0.3) is 22.5 Å². The number of carbonyl (C=O) groups is 3. The number of aromatic amines is 1. The summed E-state index contributed by atoms with van der Waals surface area (Å²) in [5.74, 6) is -0.294. The number of hydrogen-bond acceptors (Lipinski definition) is 8. The van der Waals surface area contributed by atoms with Gasteiger partial charge in [-0.15, -0.1) is 10.2 Å². The number of H-pyrrole nitrogens is 1. The first-order valence-corrected chi connectivity index (χ1v) is 13.4. The minimum atomic E-state index is -0.580. The largest absolute Gasteiger partial charge is 0.468 e. The van der Waals surface area contributed by atoms with Gasteiger partial charge in [0.25, 0.3) is 0 Å². The van der Waals surface area contributed by atoms with Crippen LogP contribution < -0.4 is 0 Å². The zero-order valence-electron chi connectivity index (χ0n) is 22.9. The van der Waals surface area contributed by atoms with Crippen LogP contribution in [-0.4, -0.2) is 106 Å².